The topological polar surface area (TPSA) is 99.8 Å². The highest BCUT2D eigenvalue weighted by atomic mass is 79.9. The molecule has 0 atom stereocenters. The molecule has 8 nitrogen and oxygen atoms in total. The molecule has 0 aliphatic rings. The zero-order chi connectivity index (χ0) is 15.3. The Kier molecular flexibility index (Phi) is 5.83. The van der Waals surface area contributed by atoms with E-state index in [1.165, 1.54) is 11.1 Å². The van der Waals surface area contributed by atoms with Crippen LogP contribution < -0.4 is 4.90 Å². The second-order valence-corrected chi connectivity index (χ2v) is 5.22. The van der Waals surface area contributed by atoms with Crippen LogP contribution in [0.3, 0.4) is 0 Å². The van der Waals surface area contributed by atoms with Crippen molar-refractivity contribution in [3.05, 3.63) is 27.0 Å². The van der Waals surface area contributed by atoms with Gasteiger partial charge in [-0.05, 0) is 30.0 Å². The number of aliphatic carboxylic acids is 1. The number of carboxylic acids is 1. The van der Waals surface area contributed by atoms with Crippen molar-refractivity contribution >= 4 is 33.3 Å². The third-order valence-corrected chi connectivity index (χ3v) is 3.09. The van der Waals surface area contributed by atoms with E-state index in [9.17, 15) is 14.9 Å². The van der Waals surface area contributed by atoms with Crippen LogP contribution in [0.2, 0.25) is 0 Å². The first-order valence-electron chi connectivity index (χ1n) is 5.72. The van der Waals surface area contributed by atoms with Crippen LogP contribution in [0.15, 0.2) is 16.9 Å². The molecule has 1 aromatic rings. The molecule has 0 radical (unpaired) electrons. The minimum Gasteiger partial charge on any atom is -0.480 e. The number of halogens is 1. The molecule has 0 aromatic carbocycles. The molecule has 0 amide bonds. The summed E-state index contributed by atoms with van der Waals surface area (Å²) in [5, 5.41) is 20.0. The average Bonchev–Trinajstić information content (AvgIpc) is 2.33. The van der Waals surface area contributed by atoms with E-state index in [0.717, 1.165) is 6.20 Å². The standard InChI is InChI=1S/C11H15BrN4O4/c1-14(2)3-4-15(7-10(17)18)11-8(12)5-13-6-9(11)16(19)20/h5-6H,3-4,7H2,1-2H3,(H,17,18). The van der Waals surface area contributed by atoms with Crippen molar-refractivity contribution in [2.24, 2.45) is 0 Å². The van der Waals surface area contributed by atoms with Crippen molar-refractivity contribution in [1.82, 2.24) is 9.88 Å². The predicted molar refractivity (Wildman–Crippen MR) is 77.0 cm³/mol. The van der Waals surface area contributed by atoms with Crippen molar-refractivity contribution < 1.29 is 14.8 Å². The maximum absolute atomic E-state index is 11.1. The normalized spacial score (nSPS) is 10.6. The Bertz CT molecular complexity index is 509. The Hall–Kier alpha value is -1.74. The zero-order valence-corrected chi connectivity index (χ0v) is 12.7. The van der Waals surface area contributed by atoms with Gasteiger partial charge in [-0.2, -0.15) is 0 Å². The van der Waals surface area contributed by atoms with Crippen LogP contribution in [0.5, 0.6) is 0 Å². The van der Waals surface area contributed by atoms with Gasteiger partial charge >= 0.3 is 11.7 Å². The Balaban J connectivity index is 3.17. The van der Waals surface area contributed by atoms with Crippen LogP contribution in [0, 0.1) is 10.1 Å². The molecule has 1 N–H and O–H groups in total. The molecule has 110 valence electrons. The summed E-state index contributed by atoms with van der Waals surface area (Å²) < 4.78 is 0.395. The van der Waals surface area contributed by atoms with Crippen molar-refractivity contribution in [1.29, 1.82) is 0 Å². The van der Waals surface area contributed by atoms with Gasteiger partial charge in [0.15, 0.2) is 0 Å². The first-order chi connectivity index (χ1) is 9.32. The Morgan fingerprint density at radius 1 is 1.45 bits per heavy atom. The molecule has 0 aliphatic carbocycles. The predicted octanol–water partition coefficient (Wildman–Crippen LogP) is 1.20. The minimum atomic E-state index is -1.05. The quantitative estimate of drug-likeness (QED) is 0.584. The molecule has 0 bridgehead atoms. The van der Waals surface area contributed by atoms with Crippen LogP contribution in [-0.4, -0.2) is 59.6 Å². The molecule has 0 saturated heterocycles. The third-order valence-electron chi connectivity index (χ3n) is 2.51. The number of pyridine rings is 1. The van der Waals surface area contributed by atoms with E-state index >= 15 is 0 Å². The number of hydrogen-bond donors (Lipinski definition) is 1. The number of nitrogens with zero attached hydrogens (tertiary/aromatic N) is 4. The fourth-order valence-electron chi connectivity index (χ4n) is 1.62. The molecule has 0 spiro atoms. The average molecular weight is 347 g/mol. The molecule has 0 unspecified atom stereocenters. The van der Waals surface area contributed by atoms with E-state index in [0.29, 0.717) is 17.6 Å². The monoisotopic (exact) mass is 346 g/mol. The Morgan fingerprint density at radius 3 is 2.60 bits per heavy atom. The van der Waals surface area contributed by atoms with Gasteiger partial charge in [-0.15, -0.1) is 0 Å². The number of nitro groups is 1. The Labute approximate surface area is 124 Å². The number of rotatable bonds is 7. The van der Waals surface area contributed by atoms with E-state index in [-0.39, 0.29) is 17.9 Å². The second-order valence-electron chi connectivity index (χ2n) is 4.36. The fraction of sp³-hybridized carbons (Fsp3) is 0.455. The zero-order valence-electron chi connectivity index (χ0n) is 11.1. The molecule has 1 rings (SSSR count). The van der Waals surface area contributed by atoms with Crippen molar-refractivity contribution in [2.75, 3.05) is 38.6 Å². The van der Waals surface area contributed by atoms with Crippen LogP contribution >= 0.6 is 15.9 Å². The lowest BCUT2D eigenvalue weighted by Crippen LogP contribution is -2.36. The van der Waals surface area contributed by atoms with Gasteiger partial charge < -0.3 is 14.9 Å². The highest BCUT2D eigenvalue weighted by Crippen LogP contribution is 2.34. The lowest BCUT2D eigenvalue weighted by Gasteiger charge is -2.25. The maximum atomic E-state index is 11.1. The number of anilines is 1. The van der Waals surface area contributed by atoms with E-state index in [1.807, 2.05) is 19.0 Å². The lowest BCUT2D eigenvalue weighted by atomic mass is 10.3. The summed E-state index contributed by atoms with van der Waals surface area (Å²) in [7, 11) is 3.68. The highest BCUT2D eigenvalue weighted by molar-refractivity contribution is 9.10. The van der Waals surface area contributed by atoms with Gasteiger partial charge in [-0.25, -0.2) is 0 Å². The summed E-state index contributed by atoms with van der Waals surface area (Å²) in [5.74, 6) is -1.05. The van der Waals surface area contributed by atoms with Crippen molar-refractivity contribution in [3.8, 4) is 0 Å². The lowest BCUT2D eigenvalue weighted by molar-refractivity contribution is -0.384. The van der Waals surface area contributed by atoms with Crippen LogP contribution in [-0.2, 0) is 4.79 Å². The number of carboxylic acid groups (broad SMARTS) is 1. The van der Waals surface area contributed by atoms with Gasteiger partial charge in [-0.3, -0.25) is 19.9 Å². The third kappa shape index (κ3) is 4.42. The fourth-order valence-corrected chi connectivity index (χ4v) is 2.19. The summed E-state index contributed by atoms with van der Waals surface area (Å²) >= 11 is 3.20. The van der Waals surface area contributed by atoms with Gasteiger partial charge in [0.05, 0.1) is 9.40 Å². The van der Waals surface area contributed by atoms with E-state index in [4.69, 9.17) is 5.11 Å². The molecule has 1 heterocycles. The van der Waals surface area contributed by atoms with Gasteiger partial charge in [-0.1, -0.05) is 0 Å². The largest absolute Gasteiger partial charge is 0.480 e. The molecule has 1 aromatic heterocycles. The SMILES string of the molecule is CN(C)CCN(CC(=O)O)c1c(Br)cncc1[N+](=O)[O-]. The van der Waals surface area contributed by atoms with E-state index in [2.05, 4.69) is 20.9 Å². The first-order valence-corrected chi connectivity index (χ1v) is 6.51. The first kappa shape index (κ1) is 16.3. The molecular formula is C11H15BrN4O4. The maximum Gasteiger partial charge on any atom is 0.323 e. The number of aromatic nitrogens is 1. The number of carbonyl (C=O) groups is 1. The molecule has 0 saturated carbocycles. The van der Waals surface area contributed by atoms with Gasteiger partial charge in [0.25, 0.3) is 0 Å². The van der Waals surface area contributed by atoms with Crippen molar-refractivity contribution in [3.63, 3.8) is 0 Å². The van der Waals surface area contributed by atoms with E-state index < -0.39 is 10.9 Å². The van der Waals surface area contributed by atoms with Gasteiger partial charge in [0.2, 0.25) is 0 Å². The summed E-state index contributed by atoms with van der Waals surface area (Å²) in [5.41, 5.74) is 0.00799. The van der Waals surface area contributed by atoms with E-state index in [1.54, 1.807) is 0 Å². The van der Waals surface area contributed by atoms with Crippen molar-refractivity contribution in [2.45, 2.75) is 0 Å². The van der Waals surface area contributed by atoms with Gasteiger partial charge in [0.1, 0.15) is 18.4 Å². The Morgan fingerprint density at radius 2 is 2.10 bits per heavy atom. The highest BCUT2D eigenvalue weighted by Gasteiger charge is 2.24. The summed E-state index contributed by atoms with van der Waals surface area (Å²) in [4.78, 5) is 28.5. The second kappa shape index (κ2) is 7.15. The van der Waals surface area contributed by atoms with Crippen LogP contribution in [0.25, 0.3) is 0 Å². The van der Waals surface area contributed by atoms with Crippen LogP contribution in [0.1, 0.15) is 0 Å². The summed E-state index contributed by atoms with van der Waals surface area (Å²) in [6, 6.07) is 0. The van der Waals surface area contributed by atoms with Gasteiger partial charge in [0, 0.05) is 19.3 Å². The molecule has 0 fully saturated rings. The number of hydrogen-bond acceptors (Lipinski definition) is 6. The molecule has 20 heavy (non-hydrogen) atoms. The minimum absolute atomic E-state index is 0.223. The number of likely N-dealkylation sites (N-methyl/N-ethyl adjacent to an activating group) is 1. The smallest absolute Gasteiger partial charge is 0.323 e. The molecule has 0 aliphatic heterocycles. The summed E-state index contributed by atoms with van der Waals surface area (Å²) in [6.07, 6.45) is 2.53. The molecule has 9 heteroatoms. The molecular weight excluding hydrogens is 332 g/mol. The van der Waals surface area contributed by atoms with Crippen LogP contribution in [0.4, 0.5) is 11.4 Å². The summed E-state index contributed by atoms with van der Waals surface area (Å²) in [6.45, 7) is 0.596.